The normalized spacial score (nSPS) is 13.6. The Morgan fingerprint density at radius 2 is 1.79 bits per heavy atom. The first kappa shape index (κ1) is 16.2. The maximum atomic E-state index is 6.01. The van der Waals surface area contributed by atoms with E-state index in [9.17, 15) is 0 Å². The molecule has 0 bridgehead atoms. The van der Waals surface area contributed by atoms with E-state index >= 15 is 0 Å². The fourth-order valence-corrected chi connectivity index (χ4v) is 2.43. The summed E-state index contributed by atoms with van der Waals surface area (Å²) in [5.74, 6) is 0. The molecule has 1 aromatic carbocycles. The number of hydrogen-bond donors (Lipinski definition) is 1. The van der Waals surface area contributed by atoms with Gasteiger partial charge in [0.05, 0.1) is 0 Å². The summed E-state index contributed by atoms with van der Waals surface area (Å²) in [6, 6.07) is 7.39. The molecule has 0 heterocycles. The molecule has 1 heteroatoms. The van der Waals surface area contributed by atoms with Crippen molar-refractivity contribution in [2.24, 2.45) is 5.73 Å². The number of nitrogens with two attached hydrogens (primary N) is 1. The second-order valence-electron chi connectivity index (χ2n) is 6.65. The van der Waals surface area contributed by atoms with Gasteiger partial charge in [0.25, 0.3) is 0 Å². The summed E-state index contributed by atoms with van der Waals surface area (Å²) in [4.78, 5) is 0. The van der Waals surface area contributed by atoms with Crippen molar-refractivity contribution < 1.29 is 0 Å². The maximum absolute atomic E-state index is 6.01. The molecule has 0 radical (unpaired) electrons. The molecular formula is C18H31N. The smallest absolute Gasteiger partial charge is 0.00363 e. The molecule has 1 rings (SSSR count). The molecule has 0 amide bonds. The van der Waals surface area contributed by atoms with Crippen LogP contribution in [-0.2, 0) is 18.3 Å². The third kappa shape index (κ3) is 4.99. The highest BCUT2D eigenvalue weighted by atomic mass is 14.6. The molecule has 1 nitrogen and oxygen atoms in total. The van der Waals surface area contributed by atoms with Crippen LogP contribution in [0.4, 0.5) is 0 Å². The summed E-state index contributed by atoms with van der Waals surface area (Å²) < 4.78 is 0. The Morgan fingerprint density at radius 1 is 1.11 bits per heavy atom. The van der Waals surface area contributed by atoms with Crippen LogP contribution in [0.25, 0.3) is 0 Å². The largest absolute Gasteiger partial charge is 0.328 e. The Labute approximate surface area is 119 Å². The average Bonchev–Trinajstić information content (AvgIpc) is 2.37. The highest BCUT2D eigenvalue weighted by molar-refractivity contribution is 5.35. The molecule has 0 saturated carbocycles. The quantitative estimate of drug-likeness (QED) is 0.795. The molecule has 0 saturated heterocycles. The lowest BCUT2D eigenvalue weighted by Crippen LogP contribution is -2.18. The van der Waals surface area contributed by atoms with E-state index < -0.39 is 0 Å². The van der Waals surface area contributed by atoms with Gasteiger partial charge in [-0.25, -0.2) is 0 Å². The zero-order valence-electron chi connectivity index (χ0n) is 13.4. The van der Waals surface area contributed by atoms with Crippen LogP contribution < -0.4 is 5.73 Å². The highest BCUT2D eigenvalue weighted by Gasteiger charge is 2.15. The molecule has 0 aliphatic rings. The van der Waals surface area contributed by atoms with Crippen molar-refractivity contribution in [2.45, 2.75) is 78.2 Å². The molecule has 0 aliphatic carbocycles. The van der Waals surface area contributed by atoms with Crippen molar-refractivity contribution in [3.8, 4) is 0 Å². The number of rotatable bonds is 6. The van der Waals surface area contributed by atoms with Crippen LogP contribution >= 0.6 is 0 Å². The predicted molar refractivity (Wildman–Crippen MR) is 85.7 cm³/mol. The summed E-state index contributed by atoms with van der Waals surface area (Å²) in [5, 5.41) is 0. The van der Waals surface area contributed by atoms with E-state index in [0.29, 0.717) is 6.04 Å². The Bertz CT molecular complexity index is 387. The van der Waals surface area contributed by atoms with E-state index in [1.807, 2.05) is 0 Å². The first-order chi connectivity index (χ1) is 8.88. The van der Waals surface area contributed by atoms with E-state index in [2.05, 4.69) is 52.8 Å². The third-order valence-corrected chi connectivity index (χ3v) is 4.00. The lowest BCUT2D eigenvalue weighted by Gasteiger charge is -2.21. The van der Waals surface area contributed by atoms with Crippen LogP contribution in [0.2, 0.25) is 0 Å². The van der Waals surface area contributed by atoms with Gasteiger partial charge in [-0.05, 0) is 54.2 Å². The molecule has 1 aromatic rings. The second-order valence-corrected chi connectivity index (χ2v) is 6.65. The van der Waals surface area contributed by atoms with E-state index in [1.165, 1.54) is 29.5 Å². The van der Waals surface area contributed by atoms with Crippen LogP contribution in [-0.4, -0.2) is 6.04 Å². The van der Waals surface area contributed by atoms with Gasteiger partial charge in [0.1, 0.15) is 0 Å². The number of benzene rings is 1. The zero-order chi connectivity index (χ0) is 14.5. The topological polar surface area (TPSA) is 26.0 Å². The Morgan fingerprint density at radius 3 is 2.32 bits per heavy atom. The van der Waals surface area contributed by atoms with Gasteiger partial charge in [-0.1, -0.05) is 52.8 Å². The molecule has 0 aliphatic heterocycles. The van der Waals surface area contributed by atoms with Crippen molar-refractivity contribution in [3.63, 3.8) is 0 Å². The van der Waals surface area contributed by atoms with Gasteiger partial charge >= 0.3 is 0 Å². The standard InChI is InChI=1S/C18H31N/c1-6-14-11-12-16(18(3,4)5)13-15(14)9-8-10-17(19)7-2/h11-13,17H,6-10,19H2,1-5H3. The minimum absolute atomic E-state index is 0.237. The molecule has 108 valence electrons. The van der Waals surface area contributed by atoms with Gasteiger partial charge < -0.3 is 5.73 Å². The molecule has 1 unspecified atom stereocenters. The monoisotopic (exact) mass is 261 g/mol. The molecule has 1 atom stereocenters. The first-order valence-electron chi connectivity index (χ1n) is 7.76. The van der Waals surface area contributed by atoms with E-state index in [1.54, 1.807) is 0 Å². The van der Waals surface area contributed by atoms with Crippen molar-refractivity contribution in [3.05, 3.63) is 34.9 Å². The average molecular weight is 261 g/mol. The molecule has 19 heavy (non-hydrogen) atoms. The Balaban J connectivity index is 2.79. The van der Waals surface area contributed by atoms with Crippen LogP contribution in [0.3, 0.4) is 0 Å². The van der Waals surface area contributed by atoms with Gasteiger partial charge in [-0.2, -0.15) is 0 Å². The lowest BCUT2D eigenvalue weighted by molar-refractivity contribution is 0.564. The summed E-state index contributed by atoms with van der Waals surface area (Å²) in [7, 11) is 0. The molecule has 2 N–H and O–H groups in total. The Kier molecular flexibility index (Phi) is 6.06. The molecular weight excluding hydrogens is 230 g/mol. The highest BCUT2D eigenvalue weighted by Crippen LogP contribution is 2.25. The third-order valence-electron chi connectivity index (χ3n) is 4.00. The van der Waals surface area contributed by atoms with E-state index in [-0.39, 0.29) is 5.41 Å². The minimum atomic E-state index is 0.237. The van der Waals surface area contributed by atoms with Crippen molar-refractivity contribution in [2.75, 3.05) is 0 Å². The van der Waals surface area contributed by atoms with Gasteiger partial charge in [0.15, 0.2) is 0 Å². The van der Waals surface area contributed by atoms with Crippen LogP contribution in [0.15, 0.2) is 18.2 Å². The first-order valence-corrected chi connectivity index (χ1v) is 7.76. The molecule has 0 aromatic heterocycles. The van der Waals surface area contributed by atoms with E-state index in [4.69, 9.17) is 5.73 Å². The summed E-state index contributed by atoms with van der Waals surface area (Å²) in [6.45, 7) is 11.3. The van der Waals surface area contributed by atoms with Crippen LogP contribution in [0.1, 0.15) is 70.6 Å². The van der Waals surface area contributed by atoms with Gasteiger partial charge in [0, 0.05) is 6.04 Å². The summed E-state index contributed by atoms with van der Waals surface area (Å²) in [5.41, 5.74) is 10.7. The van der Waals surface area contributed by atoms with Gasteiger partial charge in [-0.3, -0.25) is 0 Å². The predicted octanol–water partition coefficient (Wildman–Crippen LogP) is 4.61. The summed E-state index contributed by atoms with van der Waals surface area (Å²) in [6.07, 6.45) is 5.72. The second kappa shape index (κ2) is 7.09. The SMILES string of the molecule is CCc1ccc(C(C)(C)C)cc1CCCC(N)CC. The number of aryl methyl sites for hydroxylation is 2. The molecule has 0 fully saturated rings. The van der Waals surface area contributed by atoms with E-state index in [0.717, 1.165) is 19.3 Å². The lowest BCUT2D eigenvalue weighted by atomic mass is 9.84. The van der Waals surface area contributed by atoms with Crippen molar-refractivity contribution >= 4 is 0 Å². The van der Waals surface area contributed by atoms with Crippen molar-refractivity contribution in [1.29, 1.82) is 0 Å². The minimum Gasteiger partial charge on any atom is -0.328 e. The summed E-state index contributed by atoms with van der Waals surface area (Å²) >= 11 is 0. The zero-order valence-corrected chi connectivity index (χ0v) is 13.4. The van der Waals surface area contributed by atoms with Gasteiger partial charge in [-0.15, -0.1) is 0 Å². The maximum Gasteiger partial charge on any atom is 0.00363 e. The van der Waals surface area contributed by atoms with Crippen LogP contribution in [0, 0.1) is 0 Å². The van der Waals surface area contributed by atoms with Crippen LogP contribution in [0.5, 0.6) is 0 Å². The number of hydrogen-bond acceptors (Lipinski definition) is 1. The fraction of sp³-hybridized carbons (Fsp3) is 0.667. The fourth-order valence-electron chi connectivity index (χ4n) is 2.43. The Hall–Kier alpha value is -0.820. The van der Waals surface area contributed by atoms with Gasteiger partial charge in [0.2, 0.25) is 0 Å². The molecule has 0 spiro atoms. The van der Waals surface area contributed by atoms with Crippen molar-refractivity contribution in [1.82, 2.24) is 0 Å².